The second kappa shape index (κ2) is 10.1. The van der Waals surface area contributed by atoms with Gasteiger partial charge >= 0.3 is 6.03 Å². The first-order valence-corrected chi connectivity index (χ1v) is 10.6. The van der Waals surface area contributed by atoms with Gasteiger partial charge in [-0.3, -0.25) is 0 Å². The molecule has 0 radical (unpaired) electrons. The predicted molar refractivity (Wildman–Crippen MR) is 119 cm³/mol. The van der Waals surface area contributed by atoms with Crippen molar-refractivity contribution in [2.75, 3.05) is 25.6 Å². The third-order valence-corrected chi connectivity index (χ3v) is 5.41. The van der Waals surface area contributed by atoms with E-state index in [-0.39, 0.29) is 12.1 Å². The maximum atomic E-state index is 13.2. The molecule has 2 amide bonds. The largest absolute Gasteiger partial charge is 0.495 e. The molecule has 3 aromatic rings. The van der Waals surface area contributed by atoms with Gasteiger partial charge < -0.3 is 24.3 Å². The van der Waals surface area contributed by atoms with E-state index in [1.165, 1.54) is 5.56 Å². The number of anilines is 1. The lowest BCUT2D eigenvalue weighted by Gasteiger charge is -2.26. The summed E-state index contributed by atoms with van der Waals surface area (Å²) in [4.78, 5) is 19.5. The molecule has 1 saturated heterocycles. The number of nitrogens with zero attached hydrogens (tertiary/aromatic N) is 3. The number of carbonyl (C=O) groups is 1. The Balaban J connectivity index is 1.51. The third kappa shape index (κ3) is 5.44. The molecule has 4 rings (SSSR count). The minimum atomic E-state index is -0.200. The summed E-state index contributed by atoms with van der Waals surface area (Å²) in [6, 6.07) is 17.4. The molecule has 0 spiro atoms. The monoisotopic (exact) mass is 420 g/mol. The molecule has 7 heteroatoms. The molecule has 7 nitrogen and oxygen atoms in total. The Hall–Kier alpha value is -3.32. The van der Waals surface area contributed by atoms with Crippen LogP contribution in [0, 0.1) is 0 Å². The van der Waals surface area contributed by atoms with Crippen molar-refractivity contribution in [2.45, 2.75) is 32.0 Å². The third-order valence-electron chi connectivity index (χ3n) is 5.41. The standard InChI is InChI=1S/C24H28N4O3/c1-30-22-12-6-5-11-21(22)26-24(29)28(17-20-10-7-15-31-20)18-23-25-13-14-27(23)16-19-8-3-2-4-9-19/h2-6,8-9,11-14,20H,7,10,15-18H2,1H3,(H,26,29). The molecule has 1 aliphatic rings. The van der Waals surface area contributed by atoms with Gasteiger partial charge in [-0.05, 0) is 30.5 Å². The molecule has 31 heavy (non-hydrogen) atoms. The highest BCUT2D eigenvalue weighted by Crippen LogP contribution is 2.24. The van der Waals surface area contributed by atoms with Crippen molar-refractivity contribution in [1.82, 2.24) is 14.5 Å². The number of urea groups is 1. The van der Waals surface area contributed by atoms with Crippen LogP contribution in [-0.2, 0) is 17.8 Å². The molecule has 1 N–H and O–H groups in total. The summed E-state index contributed by atoms with van der Waals surface area (Å²) in [6.07, 6.45) is 5.75. The number of ether oxygens (including phenoxy) is 2. The minimum Gasteiger partial charge on any atom is -0.495 e. The highest BCUT2D eigenvalue weighted by molar-refractivity contribution is 5.91. The molecular formula is C24H28N4O3. The molecule has 162 valence electrons. The van der Waals surface area contributed by atoms with Crippen LogP contribution in [0.3, 0.4) is 0 Å². The Labute approximate surface area is 182 Å². The van der Waals surface area contributed by atoms with Gasteiger partial charge in [0.15, 0.2) is 0 Å². The van der Waals surface area contributed by atoms with Crippen molar-refractivity contribution in [3.63, 3.8) is 0 Å². The number of amides is 2. The summed E-state index contributed by atoms with van der Waals surface area (Å²) < 4.78 is 13.3. The number of imidazole rings is 1. The van der Waals surface area contributed by atoms with Gasteiger partial charge in [-0.1, -0.05) is 42.5 Å². The summed E-state index contributed by atoms with van der Waals surface area (Å²) in [5, 5.41) is 2.99. The average molecular weight is 421 g/mol. The molecule has 1 atom stereocenters. The minimum absolute atomic E-state index is 0.0426. The van der Waals surface area contributed by atoms with Crippen molar-refractivity contribution in [3.8, 4) is 5.75 Å². The molecule has 1 fully saturated rings. The van der Waals surface area contributed by atoms with E-state index in [1.807, 2.05) is 48.7 Å². The zero-order valence-electron chi connectivity index (χ0n) is 17.7. The number of nitrogens with one attached hydrogen (secondary N) is 1. The van der Waals surface area contributed by atoms with E-state index in [0.29, 0.717) is 31.1 Å². The summed E-state index contributed by atoms with van der Waals surface area (Å²) >= 11 is 0. The van der Waals surface area contributed by atoms with Gasteiger partial charge in [0.25, 0.3) is 0 Å². The Morgan fingerprint density at radius 3 is 2.81 bits per heavy atom. The first-order valence-electron chi connectivity index (χ1n) is 10.6. The summed E-state index contributed by atoms with van der Waals surface area (Å²) in [6.45, 7) is 2.35. The Morgan fingerprint density at radius 1 is 1.23 bits per heavy atom. The fourth-order valence-corrected chi connectivity index (χ4v) is 3.78. The van der Waals surface area contributed by atoms with Crippen LogP contribution >= 0.6 is 0 Å². The quantitative estimate of drug-likeness (QED) is 0.594. The molecule has 1 unspecified atom stereocenters. The molecule has 0 aliphatic carbocycles. The lowest BCUT2D eigenvalue weighted by molar-refractivity contribution is 0.0810. The van der Waals surface area contributed by atoms with Gasteiger partial charge in [0.1, 0.15) is 11.6 Å². The van der Waals surface area contributed by atoms with Crippen molar-refractivity contribution >= 4 is 11.7 Å². The van der Waals surface area contributed by atoms with Crippen LogP contribution < -0.4 is 10.1 Å². The fourth-order valence-electron chi connectivity index (χ4n) is 3.78. The van der Waals surface area contributed by atoms with Gasteiger partial charge in [0.05, 0.1) is 25.4 Å². The summed E-state index contributed by atoms with van der Waals surface area (Å²) in [5.41, 5.74) is 1.82. The number of carbonyl (C=O) groups excluding carboxylic acids is 1. The first-order chi connectivity index (χ1) is 15.2. The van der Waals surface area contributed by atoms with E-state index >= 15 is 0 Å². The molecule has 1 aromatic heterocycles. The van der Waals surface area contributed by atoms with Crippen LogP contribution in [0.25, 0.3) is 0 Å². The molecule has 0 saturated carbocycles. The van der Waals surface area contributed by atoms with Crippen LogP contribution in [0.1, 0.15) is 24.2 Å². The van der Waals surface area contributed by atoms with Crippen LogP contribution in [0.5, 0.6) is 5.75 Å². The second-order valence-electron chi connectivity index (χ2n) is 7.60. The average Bonchev–Trinajstić information content (AvgIpc) is 3.47. The van der Waals surface area contributed by atoms with E-state index in [4.69, 9.17) is 9.47 Å². The summed E-state index contributed by atoms with van der Waals surface area (Å²) in [5.74, 6) is 1.45. The zero-order valence-corrected chi connectivity index (χ0v) is 17.7. The predicted octanol–water partition coefficient (Wildman–Crippen LogP) is 4.15. The smallest absolute Gasteiger partial charge is 0.322 e. The van der Waals surface area contributed by atoms with Crippen LogP contribution in [-0.4, -0.2) is 46.8 Å². The van der Waals surface area contributed by atoms with E-state index < -0.39 is 0 Å². The molecular weight excluding hydrogens is 392 g/mol. The topological polar surface area (TPSA) is 68.6 Å². The van der Waals surface area contributed by atoms with Gasteiger partial charge in [-0.15, -0.1) is 0 Å². The maximum Gasteiger partial charge on any atom is 0.322 e. The van der Waals surface area contributed by atoms with E-state index in [9.17, 15) is 4.79 Å². The number of hydrogen-bond donors (Lipinski definition) is 1. The first kappa shape index (κ1) is 20.9. The van der Waals surface area contributed by atoms with Gasteiger partial charge in [-0.2, -0.15) is 0 Å². The maximum absolute atomic E-state index is 13.2. The van der Waals surface area contributed by atoms with E-state index in [1.54, 1.807) is 18.2 Å². The van der Waals surface area contributed by atoms with E-state index in [0.717, 1.165) is 25.3 Å². The lowest BCUT2D eigenvalue weighted by Crippen LogP contribution is -2.40. The van der Waals surface area contributed by atoms with Gasteiger partial charge in [0, 0.05) is 32.1 Å². The molecule has 1 aliphatic heterocycles. The Morgan fingerprint density at radius 2 is 2.03 bits per heavy atom. The number of methoxy groups -OCH3 is 1. The van der Waals surface area contributed by atoms with Crippen molar-refractivity contribution in [1.29, 1.82) is 0 Å². The van der Waals surface area contributed by atoms with Gasteiger partial charge in [0.2, 0.25) is 0 Å². The molecule has 2 aromatic carbocycles. The number of rotatable bonds is 8. The summed E-state index contributed by atoms with van der Waals surface area (Å²) in [7, 11) is 1.59. The van der Waals surface area contributed by atoms with Crippen molar-refractivity contribution in [2.24, 2.45) is 0 Å². The highest BCUT2D eigenvalue weighted by atomic mass is 16.5. The van der Waals surface area contributed by atoms with Crippen LogP contribution in [0.2, 0.25) is 0 Å². The van der Waals surface area contributed by atoms with Gasteiger partial charge in [-0.25, -0.2) is 9.78 Å². The van der Waals surface area contributed by atoms with Crippen LogP contribution in [0.15, 0.2) is 67.0 Å². The number of aromatic nitrogens is 2. The second-order valence-corrected chi connectivity index (χ2v) is 7.60. The van der Waals surface area contributed by atoms with E-state index in [2.05, 4.69) is 27.0 Å². The molecule has 2 heterocycles. The lowest BCUT2D eigenvalue weighted by atomic mass is 10.2. The fraction of sp³-hybridized carbons (Fsp3) is 0.333. The molecule has 0 bridgehead atoms. The highest BCUT2D eigenvalue weighted by Gasteiger charge is 2.24. The Kier molecular flexibility index (Phi) is 6.84. The van der Waals surface area contributed by atoms with Crippen molar-refractivity contribution in [3.05, 3.63) is 78.4 Å². The Bertz CT molecular complexity index is 983. The number of para-hydroxylation sites is 2. The van der Waals surface area contributed by atoms with Crippen LogP contribution in [0.4, 0.5) is 10.5 Å². The normalized spacial score (nSPS) is 15.6. The SMILES string of the molecule is COc1ccccc1NC(=O)N(Cc1nccn1Cc1ccccc1)CC1CCCO1. The number of benzene rings is 2. The zero-order chi connectivity index (χ0) is 21.5. The number of hydrogen-bond acceptors (Lipinski definition) is 4. The van der Waals surface area contributed by atoms with Crippen molar-refractivity contribution < 1.29 is 14.3 Å².